The van der Waals surface area contributed by atoms with Crippen molar-refractivity contribution in [2.24, 2.45) is 5.10 Å². The maximum atomic E-state index is 11.9. The van der Waals surface area contributed by atoms with Crippen molar-refractivity contribution in [3.05, 3.63) is 82.0 Å². The van der Waals surface area contributed by atoms with Crippen molar-refractivity contribution in [1.29, 1.82) is 0 Å². The molecule has 5 nitrogen and oxygen atoms in total. The van der Waals surface area contributed by atoms with E-state index in [-0.39, 0.29) is 5.91 Å². The monoisotopic (exact) mass is 380 g/mol. The average molecular weight is 380 g/mol. The summed E-state index contributed by atoms with van der Waals surface area (Å²) in [5.74, 6) is 1.11. The topological polar surface area (TPSA) is 59.9 Å². The van der Waals surface area contributed by atoms with Crippen molar-refractivity contribution in [2.45, 2.75) is 13.0 Å². The molecule has 0 bridgehead atoms. The molecule has 0 radical (unpaired) electrons. The lowest BCUT2D eigenvalue weighted by Gasteiger charge is -2.11. The van der Waals surface area contributed by atoms with E-state index in [1.807, 2.05) is 66.0 Å². The largest absolute Gasteiger partial charge is 0.493 e. The van der Waals surface area contributed by atoms with Gasteiger partial charge in [0.05, 0.1) is 19.7 Å². The molecule has 3 aromatic rings. The van der Waals surface area contributed by atoms with Gasteiger partial charge in [0.1, 0.15) is 6.61 Å². The molecular weight excluding hydrogens is 360 g/mol. The number of rotatable bonds is 8. The standard InChI is InChI=1S/C21H20N2O3S/c1-25-19-10-9-17(12-20(19)26-15-16-6-3-2-4-7-16)14-22-23-21(24)13-18-8-5-11-27-18/h2-12,14H,13,15H2,1H3,(H,23,24)/b22-14-. The second-order valence-electron chi connectivity index (χ2n) is 5.73. The van der Waals surface area contributed by atoms with Gasteiger partial charge in [-0.25, -0.2) is 5.43 Å². The number of ether oxygens (including phenoxy) is 2. The molecule has 1 aromatic heterocycles. The van der Waals surface area contributed by atoms with Crippen molar-refractivity contribution in [3.63, 3.8) is 0 Å². The van der Waals surface area contributed by atoms with Crippen LogP contribution >= 0.6 is 11.3 Å². The maximum Gasteiger partial charge on any atom is 0.245 e. The fraction of sp³-hybridized carbons (Fsp3) is 0.143. The molecule has 0 saturated heterocycles. The number of carbonyl (C=O) groups excluding carboxylic acids is 1. The number of benzene rings is 2. The molecule has 0 aliphatic carbocycles. The molecule has 0 atom stereocenters. The molecule has 0 aliphatic rings. The van der Waals surface area contributed by atoms with Crippen LogP contribution in [0.1, 0.15) is 16.0 Å². The van der Waals surface area contributed by atoms with Crippen LogP contribution in [0, 0.1) is 0 Å². The third-order valence-electron chi connectivity index (χ3n) is 3.74. The minimum atomic E-state index is -0.150. The Balaban J connectivity index is 1.60. The number of hydrogen-bond acceptors (Lipinski definition) is 5. The Morgan fingerprint density at radius 2 is 1.96 bits per heavy atom. The molecule has 1 N–H and O–H groups in total. The number of methoxy groups -OCH3 is 1. The van der Waals surface area contributed by atoms with Crippen molar-refractivity contribution >= 4 is 23.5 Å². The van der Waals surface area contributed by atoms with Crippen LogP contribution in [0.2, 0.25) is 0 Å². The normalized spacial score (nSPS) is 10.7. The van der Waals surface area contributed by atoms with E-state index in [0.717, 1.165) is 16.0 Å². The molecule has 27 heavy (non-hydrogen) atoms. The second-order valence-corrected chi connectivity index (χ2v) is 6.77. The zero-order valence-electron chi connectivity index (χ0n) is 14.9. The SMILES string of the molecule is COc1ccc(/C=N\NC(=O)Cc2cccs2)cc1OCc1ccccc1. The molecule has 1 heterocycles. The summed E-state index contributed by atoms with van der Waals surface area (Å²) in [7, 11) is 1.60. The highest BCUT2D eigenvalue weighted by Gasteiger charge is 2.06. The molecule has 2 aromatic carbocycles. The van der Waals surface area contributed by atoms with Gasteiger partial charge < -0.3 is 9.47 Å². The van der Waals surface area contributed by atoms with Gasteiger partial charge in [0.25, 0.3) is 0 Å². The highest BCUT2D eigenvalue weighted by molar-refractivity contribution is 7.10. The Labute approximate surface area is 162 Å². The Hall–Kier alpha value is -3.12. The summed E-state index contributed by atoms with van der Waals surface area (Å²) in [5, 5.41) is 5.97. The van der Waals surface area contributed by atoms with Gasteiger partial charge in [0.15, 0.2) is 11.5 Å². The molecule has 1 amide bonds. The number of nitrogens with one attached hydrogen (secondary N) is 1. The van der Waals surface area contributed by atoms with Crippen molar-refractivity contribution in [1.82, 2.24) is 5.43 Å². The van der Waals surface area contributed by atoms with E-state index in [0.29, 0.717) is 24.5 Å². The molecule has 0 unspecified atom stereocenters. The van der Waals surface area contributed by atoms with Gasteiger partial charge in [-0.15, -0.1) is 11.3 Å². The Bertz CT molecular complexity index is 893. The lowest BCUT2D eigenvalue weighted by atomic mass is 10.2. The summed E-state index contributed by atoms with van der Waals surface area (Å²) in [6.45, 7) is 0.440. The first-order valence-corrected chi connectivity index (χ1v) is 9.31. The number of nitrogens with zero attached hydrogens (tertiary/aromatic N) is 1. The predicted octanol–water partition coefficient (Wildman–Crippen LogP) is 4.03. The Kier molecular flexibility index (Phi) is 6.60. The summed E-state index contributed by atoms with van der Waals surface area (Å²) in [6.07, 6.45) is 1.91. The predicted molar refractivity (Wildman–Crippen MR) is 108 cm³/mol. The van der Waals surface area contributed by atoms with Crippen LogP contribution in [-0.4, -0.2) is 19.2 Å². The molecule has 0 aliphatic heterocycles. The van der Waals surface area contributed by atoms with Gasteiger partial charge in [0, 0.05) is 4.88 Å². The molecule has 6 heteroatoms. The minimum absolute atomic E-state index is 0.150. The van der Waals surface area contributed by atoms with E-state index >= 15 is 0 Å². The summed E-state index contributed by atoms with van der Waals surface area (Å²) >= 11 is 1.55. The molecular formula is C21H20N2O3S. The van der Waals surface area contributed by atoms with Gasteiger partial charge in [0.2, 0.25) is 5.91 Å². The first-order chi connectivity index (χ1) is 13.2. The van der Waals surface area contributed by atoms with Gasteiger partial charge in [-0.05, 0) is 40.8 Å². The summed E-state index contributed by atoms with van der Waals surface area (Å²) in [4.78, 5) is 12.9. The van der Waals surface area contributed by atoms with E-state index in [1.54, 1.807) is 24.7 Å². The second kappa shape index (κ2) is 9.54. The molecule has 0 saturated carbocycles. The van der Waals surface area contributed by atoms with Crippen LogP contribution in [-0.2, 0) is 17.8 Å². The Morgan fingerprint density at radius 3 is 2.70 bits per heavy atom. The zero-order valence-corrected chi connectivity index (χ0v) is 15.7. The van der Waals surface area contributed by atoms with Gasteiger partial charge >= 0.3 is 0 Å². The van der Waals surface area contributed by atoms with Crippen LogP contribution in [0.4, 0.5) is 0 Å². The Morgan fingerprint density at radius 1 is 1.11 bits per heavy atom. The highest BCUT2D eigenvalue weighted by atomic mass is 32.1. The fourth-order valence-corrected chi connectivity index (χ4v) is 3.11. The van der Waals surface area contributed by atoms with Crippen LogP contribution in [0.25, 0.3) is 0 Å². The zero-order chi connectivity index (χ0) is 18.9. The summed E-state index contributed by atoms with van der Waals surface area (Å²) < 4.78 is 11.2. The van der Waals surface area contributed by atoms with Crippen molar-refractivity contribution < 1.29 is 14.3 Å². The number of amides is 1. The van der Waals surface area contributed by atoms with E-state index in [9.17, 15) is 4.79 Å². The molecule has 3 rings (SSSR count). The summed E-state index contributed by atoms with van der Waals surface area (Å²) in [5.41, 5.74) is 4.41. The molecule has 0 fully saturated rings. The van der Waals surface area contributed by atoms with Crippen molar-refractivity contribution in [2.75, 3.05) is 7.11 Å². The lowest BCUT2D eigenvalue weighted by molar-refractivity contribution is -0.120. The van der Waals surface area contributed by atoms with Crippen LogP contribution in [0.3, 0.4) is 0 Å². The third kappa shape index (κ3) is 5.69. The quantitative estimate of drug-likeness (QED) is 0.474. The van der Waals surface area contributed by atoms with E-state index in [4.69, 9.17) is 9.47 Å². The third-order valence-corrected chi connectivity index (χ3v) is 4.62. The molecule has 138 valence electrons. The highest BCUT2D eigenvalue weighted by Crippen LogP contribution is 2.28. The van der Waals surface area contributed by atoms with Crippen LogP contribution in [0.15, 0.2) is 71.1 Å². The number of hydrazone groups is 1. The smallest absolute Gasteiger partial charge is 0.245 e. The lowest BCUT2D eigenvalue weighted by Crippen LogP contribution is -2.19. The van der Waals surface area contributed by atoms with Gasteiger partial charge in [-0.3, -0.25) is 4.79 Å². The number of hydrogen-bond donors (Lipinski definition) is 1. The number of thiophene rings is 1. The van der Waals surface area contributed by atoms with Gasteiger partial charge in [-0.1, -0.05) is 36.4 Å². The van der Waals surface area contributed by atoms with Crippen LogP contribution < -0.4 is 14.9 Å². The summed E-state index contributed by atoms with van der Waals surface area (Å²) in [6, 6.07) is 19.2. The van der Waals surface area contributed by atoms with Crippen molar-refractivity contribution in [3.8, 4) is 11.5 Å². The van der Waals surface area contributed by atoms with E-state index < -0.39 is 0 Å². The van der Waals surface area contributed by atoms with Crippen LogP contribution in [0.5, 0.6) is 11.5 Å². The maximum absolute atomic E-state index is 11.9. The van der Waals surface area contributed by atoms with Gasteiger partial charge in [-0.2, -0.15) is 5.10 Å². The average Bonchev–Trinajstić information content (AvgIpc) is 3.20. The minimum Gasteiger partial charge on any atom is -0.493 e. The van der Waals surface area contributed by atoms with E-state index in [1.165, 1.54) is 0 Å². The molecule has 0 spiro atoms. The number of carbonyl (C=O) groups is 1. The first kappa shape index (κ1) is 18.7. The fourth-order valence-electron chi connectivity index (χ4n) is 2.41. The first-order valence-electron chi connectivity index (χ1n) is 8.43. The van der Waals surface area contributed by atoms with E-state index in [2.05, 4.69) is 10.5 Å².